The minimum absolute atomic E-state index is 0.309. The third kappa shape index (κ3) is 5.45. The van der Waals surface area contributed by atoms with Crippen molar-refractivity contribution in [3.05, 3.63) is 0 Å². The Hall–Kier alpha value is -0.690. The van der Waals surface area contributed by atoms with Crippen molar-refractivity contribution in [1.82, 2.24) is 5.32 Å². The lowest BCUT2D eigenvalue weighted by Crippen LogP contribution is -2.57. The zero-order valence-corrected chi connectivity index (χ0v) is 10.6. The van der Waals surface area contributed by atoms with Gasteiger partial charge in [0.2, 0.25) is 5.91 Å². The van der Waals surface area contributed by atoms with Gasteiger partial charge in [-0.3, -0.25) is 4.79 Å². The van der Waals surface area contributed by atoms with Gasteiger partial charge in [-0.1, -0.05) is 6.92 Å². The van der Waals surface area contributed by atoms with E-state index in [0.717, 1.165) is 0 Å². The molecule has 1 amide bonds. The monoisotopic (exact) mass is 248 g/mol. The molecule has 17 heavy (non-hydrogen) atoms. The van der Waals surface area contributed by atoms with Gasteiger partial charge in [0.25, 0.3) is 0 Å². The highest BCUT2D eigenvalue weighted by Crippen LogP contribution is 2.09. The summed E-state index contributed by atoms with van der Waals surface area (Å²) in [7, 11) is 1.59. The van der Waals surface area contributed by atoms with Gasteiger partial charge < -0.3 is 26.0 Å². The minimum atomic E-state index is -0.976. The molecule has 0 saturated heterocycles. The average Bonchev–Trinajstić information content (AvgIpc) is 2.36. The number of carbonyl (C=O) groups excluding carboxylic acids is 1. The fourth-order valence-electron chi connectivity index (χ4n) is 1.37. The molecule has 1 unspecified atom stereocenters. The maximum Gasteiger partial charge on any atom is 0.237 e. The Kier molecular flexibility index (Phi) is 8.07. The molecule has 0 saturated carbocycles. The van der Waals surface area contributed by atoms with Crippen LogP contribution in [-0.4, -0.2) is 54.6 Å². The summed E-state index contributed by atoms with van der Waals surface area (Å²) in [6.07, 6.45) is 1.65. The highest BCUT2D eigenvalue weighted by molar-refractivity contribution is 5.82. The van der Waals surface area contributed by atoms with E-state index in [-0.39, 0.29) is 19.1 Å². The molecule has 0 aliphatic carbocycles. The van der Waals surface area contributed by atoms with Crippen LogP contribution in [-0.2, 0) is 9.53 Å². The molecular formula is C11H24N2O4. The van der Waals surface area contributed by atoms with Crippen molar-refractivity contribution in [3.63, 3.8) is 0 Å². The van der Waals surface area contributed by atoms with Crippen LogP contribution in [0, 0.1) is 0 Å². The number of ether oxygens (including phenoxy) is 1. The van der Waals surface area contributed by atoms with Crippen LogP contribution in [0.1, 0.15) is 26.2 Å². The summed E-state index contributed by atoms with van der Waals surface area (Å²) in [6, 6.07) is -0.644. The highest BCUT2D eigenvalue weighted by atomic mass is 16.5. The fraction of sp³-hybridized carbons (Fsp3) is 0.909. The summed E-state index contributed by atoms with van der Waals surface area (Å²) in [5.74, 6) is -0.356. The van der Waals surface area contributed by atoms with Crippen molar-refractivity contribution in [2.75, 3.05) is 26.9 Å². The topological polar surface area (TPSA) is 105 Å². The predicted octanol–water partition coefficient (Wildman–Crippen LogP) is -1.01. The van der Waals surface area contributed by atoms with Crippen molar-refractivity contribution in [1.29, 1.82) is 0 Å². The zero-order valence-electron chi connectivity index (χ0n) is 10.6. The van der Waals surface area contributed by atoms with Crippen LogP contribution in [0.4, 0.5) is 0 Å². The Morgan fingerprint density at radius 2 is 2.06 bits per heavy atom. The van der Waals surface area contributed by atoms with E-state index < -0.39 is 11.6 Å². The third-order valence-electron chi connectivity index (χ3n) is 2.87. The van der Waals surface area contributed by atoms with Gasteiger partial charge in [-0.05, 0) is 19.3 Å². The molecular weight excluding hydrogens is 224 g/mol. The number of methoxy groups -OCH3 is 1. The van der Waals surface area contributed by atoms with Gasteiger partial charge in [-0.2, -0.15) is 0 Å². The first-order chi connectivity index (χ1) is 8.05. The lowest BCUT2D eigenvalue weighted by Gasteiger charge is -2.30. The molecule has 5 N–H and O–H groups in total. The Balaban J connectivity index is 4.21. The van der Waals surface area contributed by atoms with Crippen LogP contribution in [0.25, 0.3) is 0 Å². The largest absolute Gasteiger partial charge is 0.394 e. The Morgan fingerprint density at radius 1 is 1.47 bits per heavy atom. The van der Waals surface area contributed by atoms with Gasteiger partial charge in [0.15, 0.2) is 0 Å². The van der Waals surface area contributed by atoms with E-state index >= 15 is 0 Å². The zero-order chi connectivity index (χ0) is 13.3. The molecule has 0 aliphatic heterocycles. The minimum Gasteiger partial charge on any atom is -0.394 e. The summed E-state index contributed by atoms with van der Waals surface area (Å²) < 4.78 is 4.87. The van der Waals surface area contributed by atoms with E-state index in [1.165, 1.54) is 0 Å². The summed E-state index contributed by atoms with van der Waals surface area (Å²) in [5.41, 5.74) is 4.72. The molecule has 0 aliphatic rings. The maximum absolute atomic E-state index is 11.7. The van der Waals surface area contributed by atoms with Crippen LogP contribution in [0.2, 0.25) is 0 Å². The molecule has 1 atom stereocenters. The van der Waals surface area contributed by atoms with Gasteiger partial charge in [-0.25, -0.2) is 0 Å². The fourth-order valence-corrected chi connectivity index (χ4v) is 1.37. The van der Waals surface area contributed by atoms with Gasteiger partial charge in [0.1, 0.15) is 0 Å². The van der Waals surface area contributed by atoms with Crippen LogP contribution in [0.3, 0.4) is 0 Å². The number of nitrogens with one attached hydrogen (secondary N) is 1. The number of rotatable bonds is 9. The molecule has 0 fully saturated rings. The van der Waals surface area contributed by atoms with Gasteiger partial charge in [0, 0.05) is 13.7 Å². The van der Waals surface area contributed by atoms with Gasteiger partial charge in [0.05, 0.1) is 24.8 Å². The van der Waals surface area contributed by atoms with Crippen molar-refractivity contribution < 1.29 is 19.7 Å². The molecule has 102 valence electrons. The first-order valence-corrected chi connectivity index (χ1v) is 5.83. The molecule has 6 nitrogen and oxygen atoms in total. The van der Waals surface area contributed by atoms with Crippen molar-refractivity contribution in [3.8, 4) is 0 Å². The summed E-state index contributed by atoms with van der Waals surface area (Å²) in [5, 5.41) is 21.0. The third-order valence-corrected chi connectivity index (χ3v) is 2.87. The lowest BCUT2D eigenvalue weighted by molar-refractivity contribution is -0.126. The molecule has 0 aromatic rings. The second kappa shape index (κ2) is 8.41. The second-order valence-corrected chi connectivity index (χ2v) is 4.18. The smallest absolute Gasteiger partial charge is 0.237 e. The van der Waals surface area contributed by atoms with Crippen LogP contribution in [0.15, 0.2) is 0 Å². The van der Waals surface area contributed by atoms with Gasteiger partial charge >= 0.3 is 0 Å². The van der Waals surface area contributed by atoms with E-state index in [4.69, 9.17) is 10.5 Å². The van der Waals surface area contributed by atoms with E-state index in [9.17, 15) is 15.0 Å². The normalized spacial score (nSPS) is 13.5. The van der Waals surface area contributed by atoms with Crippen LogP contribution >= 0.6 is 0 Å². The molecule has 0 bridgehead atoms. The number of carbonyl (C=O) groups is 1. The molecule has 0 heterocycles. The molecule has 0 spiro atoms. The Bertz CT molecular complexity index is 211. The summed E-state index contributed by atoms with van der Waals surface area (Å²) in [4.78, 5) is 11.7. The number of hydrogen-bond donors (Lipinski definition) is 4. The maximum atomic E-state index is 11.7. The number of aliphatic hydroxyl groups is 2. The summed E-state index contributed by atoms with van der Waals surface area (Å²) >= 11 is 0. The predicted molar refractivity (Wildman–Crippen MR) is 64.4 cm³/mol. The van der Waals surface area contributed by atoms with Gasteiger partial charge in [-0.15, -0.1) is 0 Å². The SMILES string of the molecule is CCC(CO)(CO)NC(=O)C(N)CCCOC. The Morgan fingerprint density at radius 3 is 2.47 bits per heavy atom. The van der Waals surface area contributed by atoms with Crippen LogP contribution < -0.4 is 11.1 Å². The molecule has 0 aromatic heterocycles. The number of aliphatic hydroxyl groups excluding tert-OH is 2. The van der Waals surface area contributed by atoms with E-state index in [2.05, 4.69) is 5.32 Å². The van der Waals surface area contributed by atoms with E-state index in [0.29, 0.717) is 25.9 Å². The number of amides is 1. The number of hydrogen-bond acceptors (Lipinski definition) is 5. The lowest BCUT2D eigenvalue weighted by atomic mass is 9.97. The average molecular weight is 248 g/mol. The van der Waals surface area contributed by atoms with E-state index in [1.807, 2.05) is 0 Å². The highest BCUT2D eigenvalue weighted by Gasteiger charge is 2.30. The standard InChI is InChI=1S/C11H24N2O4/c1-3-11(7-14,8-15)13-10(16)9(12)5-4-6-17-2/h9,14-15H,3-8,12H2,1-2H3,(H,13,16). The van der Waals surface area contributed by atoms with Crippen molar-refractivity contribution >= 4 is 5.91 Å². The van der Waals surface area contributed by atoms with E-state index in [1.54, 1.807) is 14.0 Å². The molecule has 6 heteroatoms. The quantitative estimate of drug-likeness (QED) is 0.391. The van der Waals surface area contributed by atoms with Crippen LogP contribution in [0.5, 0.6) is 0 Å². The molecule has 0 aromatic carbocycles. The molecule has 0 radical (unpaired) electrons. The first kappa shape index (κ1) is 16.3. The first-order valence-electron chi connectivity index (χ1n) is 5.83. The summed E-state index contributed by atoms with van der Waals surface area (Å²) in [6.45, 7) is 1.72. The number of nitrogens with two attached hydrogens (primary N) is 1. The van der Waals surface area contributed by atoms with Crippen molar-refractivity contribution in [2.45, 2.75) is 37.8 Å². The molecule has 0 rings (SSSR count). The second-order valence-electron chi connectivity index (χ2n) is 4.18. The van der Waals surface area contributed by atoms with Crippen molar-refractivity contribution in [2.24, 2.45) is 5.73 Å². The Labute approximate surface area is 102 Å².